The summed E-state index contributed by atoms with van der Waals surface area (Å²) < 4.78 is 0. The number of nitrogens with zero attached hydrogens (tertiary/aromatic N) is 4. The second kappa shape index (κ2) is 12.4. The molecule has 4 heterocycles. The zero-order valence-electron chi connectivity index (χ0n) is 24.7. The number of amides is 1. The highest BCUT2D eigenvalue weighted by atomic mass is 35.5. The number of hydrogen-bond donors (Lipinski definition) is 2. The minimum Gasteiger partial charge on any atom is -0.343 e. The van der Waals surface area contributed by atoms with Gasteiger partial charge in [0.15, 0.2) is 0 Å². The van der Waals surface area contributed by atoms with Crippen molar-refractivity contribution in [3.8, 4) is 0 Å². The van der Waals surface area contributed by atoms with Crippen molar-refractivity contribution < 1.29 is 9.59 Å². The molecule has 0 aliphatic carbocycles. The van der Waals surface area contributed by atoms with Crippen LogP contribution in [0.1, 0.15) is 62.6 Å². The number of carbonyl (C=O) groups is 2. The number of H-pyrrole nitrogens is 2. The lowest BCUT2D eigenvalue weighted by atomic mass is 9.88. The average Bonchev–Trinajstić information content (AvgIpc) is 3.44. The van der Waals surface area contributed by atoms with Crippen LogP contribution in [0.4, 0.5) is 0 Å². The molecule has 3 aromatic heterocycles. The maximum Gasteiger partial charge on any atom is 0.251 e. The third-order valence-corrected chi connectivity index (χ3v) is 8.43. The van der Waals surface area contributed by atoms with Gasteiger partial charge in [0.05, 0.1) is 22.3 Å². The van der Waals surface area contributed by atoms with Gasteiger partial charge in [-0.2, -0.15) is 5.10 Å². The summed E-state index contributed by atoms with van der Waals surface area (Å²) in [5.74, 6) is -0.442. The molecule has 10 heteroatoms. The molecule has 0 bridgehead atoms. The topological polar surface area (TPSA) is 115 Å². The van der Waals surface area contributed by atoms with E-state index in [0.29, 0.717) is 43.9 Å². The van der Waals surface area contributed by atoms with Crippen molar-refractivity contribution in [1.29, 1.82) is 0 Å². The van der Waals surface area contributed by atoms with Crippen LogP contribution in [0.2, 0.25) is 5.02 Å². The lowest BCUT2D eigenvalue weighted by Gasteiger charge is -2.32. The minimum absolute atomic E-state index is 0.0379. The number of pyridine rings is 2. The third-order valence-electron chi connectivity index (χ3n) is 8.14. The molecular formula is C32H39ClN6O3. The Morgan fingerprint density at radius 2 is 2.00 bits per heavy atom. The van der Waals surface area contributed by atoms with Gasteiger partial charge < -0.3 is 19.6 Å². The molecule has 0 saturated carbocycles. The van der Waals surface area contributed by atoms with Crippen molar-refractivity contribution >= 4 is 45.6 Å². The third kappa shape index (κ3) is 6.73. The number of aldehydes is 1. The molecule has 222 valence electrons. The number of rotatable bonds is 9. The fraction of sp³-hybridized carbons (Fsp3) is 0.469. The fourth-order valence-electron chi connectivity index (χ4n) is 6.30. The number of halogens is 1. The SMILES string of the molecule is CN(Cc1c(C[C@H](C=O)CC(=O)N2CCC(c3cc4cnccc4[nH]c3=O)CC2)cc(Cl)c2[nH]ncc12)CC(C)(C)C. The largest absolute Gasteiger partial charge is 0.343 e. The molecule has 1 aromatic carbocycles. The van der Waals surface area contributed by atoms with Crippen LogP contribution in [-0.2, 0) is 22.6 Å². The fourth-order valence-corrected chi connectivity index (χ4v) is 6.57. The molecular weight excluding hydrogens is 552 g/mol. The summed E-state index contributed by atoms with van der Waals surface area (Å²) in [6.45, 7) is 9.28. The van der Waals surface area contributed by atoms with E-state index >= 15 is 0 Å². The van der Waals surface area contributed by atoms with E-state index in [0.717, 1.165) is 51.3 Å². The van der Waals surface area contributed by atoms with Gasteiger partial charge in [0.2, 0.25) is 5.91 Å². The summed E-state index contributed by atoms with van der Waals surface area (Å²) in [5, 5.41) is 9.61. The summed E-state index contributed by atoms with van der Waals surface area (Å²) in [6.07, 6.45) is 8.04. The van der Waals surface area contributed by atoms with Crippen LogP contribution in [0.15, 0.2) is 41.6 Å². The Morgan fingerprint density at radius 1 is 1.24 bits per heavy atom. The van der Waals surface area contributed by atoms with E-state index in [1.807, 2.05) is 17.0 Å². The second-order valence-electron chi connectivity index (χ2n) is 12.9. The van der Waals surface area contributed by atoms with Gasteiger partial charge in [0.25, 0.3) is 5.56 Å². The van der Waals surface area contributed by atoms with Crippen molar-refractivity contribution in [3.05, 3.63) is 68.9 Å². The summed E-state index contributed by atoms with van der Waals surface area (Å²) >= 11 is 6.60. The molecule has 1 amide bonds. The Hall–Kier alpha value is -3.56. The summed E-state index contributed by atoms with van der Waals surface area (Å²) in [6, 6.07) is 5.62. The number of piperidine rings is 1. The van der Waals surface area contributed by atoms with E-state index in [1.165, 1.54) is 0 Å². The zero-order valence-corrected chi connectivity index (χ0v) is 25.5. The highest BCUT2D eigenvalue weighted by molar-refractivity contribution is 6.35. The van der Waals surface area contributed by atoms with Gasteiger partial charge in [-0.25, -0.2) is 0 Å². The molecule has 1 atom stereocenters. The van der Waals surface area contributed by atoms with E-state index in [4.69, 9.17) is 11.6 Å². The summed E-state index contributed by atoms with van der Waals surface area (Å²) in [4.78, 5) is 49.5. The average molecular weight is 591 g/mol. The smallest absolute Gasteiger partial charge is 0.251 e. The molecule has 0 spiro atoms. The predicted molar refractivity (Wildman–Crippen MR) is 166 cm³/mol. The maximum absolute atomic E-state index is 13.3. The molecule has 4 aromatic rings. The van der Waals surface area contributed by atoms with Gasteiger partial charge in [-0.3, -0.25) is 19.7 Å². The van der Waals surface area contributed by atoms with Crippen molar-refractivity contribution in [2.75, 3.05) is 26.7 Å². The highest BCUT2D eigenvalue weighted by Crippen LogP contribution is 2.32. The first-order valence-electron chi connectivity index (χ1n) is 14.5. The molecule has 1 aliphatic rings. The van der Waals surface area contributed by atoms with Crippen LogP contribution in [0, 0.1) is 11.3 Å². The Morgan fingerprint density at radius 3 is 2.71 bits per heavy atom. The lowest BCUT2D eigenvalue weighted by Crippen LogP contribution is -2.39. The van der Waals surface area contributed by atoms with Crippen molar-refractivity contribution in [2.24, 2.45) is 11.3 Å². The number of hydrogen-bond acceptors (Lipinski definition) is 6. The molecule has 5 rings (SSSR count). The number of benzene rings is 1. The molecule has 42 heavy (non-hydrogen) atoms. The Kier molecular flexibility index (Phi) is 8.80. The lowest BCUT2D eigenvalue weighted by molar-refractivity contribution is -0.134. The maximum atomic E-state index is 13.3. The number of nitrogens with one attached hydrogen (secondary N) is 2. The number of fused-ring (bicyclic) bond motifs is 2. The van der Waals surface area contributed by atoms with E-state index in [-0.39, 0.29) is 29.2 Å². The number of aromatic nitrogens is 4. The molecule has 9 nitrogen and oxygen atoms in total. The first kappa shape index (κ1) is 29.9. The van der Waals surface area contributed by atoms with E-state index < -0.39 is 5.92 Å². The molecule has 0 radical (unpaired) electrons. The van der Waals surface area contributed by atoms with Gasteiger partial charge >= 0.3 is 0 Å². The Bertz CT molecular complexity index is 1650. The monoisotopic (exact) mass is 590 g/mol. The normalized spacial score (nSPS) is 15.5. The van der Waals surface area contributed by atoms with Crippen LogP contribution < -0.4 is 5.56 Å². The Labute approximate surface area is 250 Å². The highest BCUT2D eigenvalue weighted by Gasteiger charge is 2.28. The van der Waals surface area contributed by atoms with Crippen LogP contribution in [0.3, 0.4) is 0 Å². The van der Waals surface area contributed by atoms with Crippen LogP contribution >= 0.6 is 11.6 Å². The van der Waals surface area contributed by atoms with Gasteiger partial charge in [-0.15, -0.1) is 0 Å². The second-order valence-corrected chi connectivity index (χ2v) is 13.3. The van der Waals surface area contributed by atoms with Gasteiger partial charge in [0, 0.05) is 67.2 Å². The zero-order chi connectivity index (χ0) is 30.0. The van der Waals surface area contributed by atoms with Crippen LogP contribution in [0.5, 0.6) is 0 Å². The quantitative estimate of drug-likeness (QED) is 0.263. The number of carbonyl (C=O) groups excluding carboxylic acids is 2. The molecule has 2 N–H and O–H groups in total. The van der Waals surface area contributed by atoms with Crippen molar-refractivity contribution in [3.63, 3.8) is 0 Å². The van der Waals surface area contributed by atoms with Crippen LogP contribution in [-0.4, -0.2) is 68.8 Å². The van der Waals surface area contributed by atoms with Crippen molar-refractivity contribution in [1.82, 2.24) is 30.0 Å². The van der Waals surface area contributed by atoms with E-state index in [2.05, 4.69) is 52.9 Å². The molecule has 0 unspecified atom stereocenters. The van der Waals surface area contributed by atoms with Crippen LogP contribution in [0.25, 0.3) is 21.8 Å². The molecule has 1 saturated heterocycles. The predicted octanol–water partition coefficient (Wildman–Crippen LogP) is 5.08. The first-order valence-corrected chi connectivity index (χ1v) is 14.9. The number of aromatic amines is 2. The van der Waals surface area contributed by atoms with Gasteiger partial charge in [0.1, 0.15) is 6.29 Å². The first-order chi connectivity index (χ1) is 20.0. The van der Waals surface area contributed by atoms with E-state index in [9.17, 15) is 14.4 Å². The Balaban J connectivity index is 1.26. The van der Waals surface area contributed by atoms with Gasteiger partial charge in [-0.1, -0.05) is 32.4 Å². The summed E-state index contributed by atoms with van der Waals surface area (Å²) in [5.41, 5.74) is 4.36. The standard InChI is InChI=1S/C32H39ClN6O3/c1-32(2,3)19-38(4)17-26-22(14-27(33)30-25(26)16-35-37-30)11-20(18-40)12-29(41)39-9-6-21(7-10-39)24-13-23-15-34-8-5-28(23)36-31(24)42/h5,8,13-16,18,20-21H,6-7,9-12,17,19H2,1-4H3,(H,35,37)(H,36,42)/t20-/m0/s1. The van der Waals surface area contributed by atoms with E-state index in [1.54, 1.807) is 24.7 Å². The minimum atomic E-state index is -0.474. The number of likely N-dealkylation sites (tertiary alicyclic amines) is 1. The van der Waals surface area contributed by atoms with Crippen molar-refractivity contribution in [2.45, 2.75) is 58.9 Å². The molecule has 1 fully saturated rings. The summed E-state index contributed by atoms with van der Waals surface area (Å²) in [7, 11) is 2.09. The van der Waals surface area contributed by atoms with Gasteiger partial charge in [-0.05, 0) is 67.0 Å². The molecule has 1 aliphatic heterocycles.